The maximum Gasteiger partial charge on any atom is 0.0771 e. The van der Waals surface area contributed by atoms with E-state index in [2.05, 4.69) is 19.2 Å². The second-order valence-electron chi connectivity index (χ2n) is 5.28. The van der Waals surface area contributed by atoms with E-state index in [-0.39, 0.29) is 0 Å². The second kappa shape index (κ2) is 6.49. The third-order valence-electron chi connectivity index (χ3n) is 3.68. The van der Waals surface area contributed by atoms with E-state index in [1.54, 1.807) is 0 Å². The molecule has 0 aromatic carbocycles. The van der Waals surface area contributed by atoms with Gasteiger partial charge in [0, 0.05) is 6.54 Å². The van der Waals surface area contributed by atoms with E-state index in [1.165, 1.54) is 32.1 Å². The van der Waals surface area contributed by atoms with Gasteiger partial charge in [-0.1, -0.05) is 46.0 Å². The van der Waals surface area contributed by atoms with E-state index >= 15 is 0 Å². The minimum Gasteiger partial charge on any atom is -0.389 e. The second-order valence-corrected chi connectivity index (χ2v) is 5.28. The van der Waals surface area contributed by atoms with E-state index in [4.69, 9.17) is 0 Å². The van der Waals surface area contributed by atoms with Crippen LogP contribution in [0.2, 0.25) is 0 Å². The summed E-state index contributed by atoms with van der Waals surface area (Å²) in [5.41, 5.74) is -0.413. The fraction of sp³-hybridized carbons (Fsp3) is 1.00. The summed E-state index contributed by atoms with van der Waals surface area (Å²) in [6.45, 7) is 6.30. The Balaban J connectivity index is 2.22. The minimum absolute atomic E-state index is 0.413. The van der Waals surface area contributed by atoms with E-state index < -0.39 is 5.60 Å². The molecule has 0 amide bonds. The SMILES string of the molecule is CCC(C)CNCC1(O)CCCCCC1. The Morgan fingerprint density at radius 1 is 1.20 bits per heavy atom. The molecular weight excluding hydrogens is 186 g/mol. The summed E-state index contributed by atoms with van der Waals surface area (Å²) in [5.74, 6) is 0.722. The third kappa shape index (κ3) is 4.98. The molecule has 1 rings (SSSR count). The average molecular weight is 213 g/mol. The average Bonchev–Trinajstić information content (AvgIpc) is 2.43. The molecule has 0 aromatic rings. The lowest BCUT2D eigenvalue weighted by Crippen LogP contribution is -2.41. The molecule has 0 spiro atoms. The van der Waals surface area contributed by atoms with Gasteiger partial charge in [0.2, 0.25) is 0 Å². The van der Waals surface area contributed by atoms with Crippen LogP contribution in [0.15, 0.2) is 0 Å². The molecule has 90 valence electrons. The van der Waals surface area contributed by atoms with Gasteiger partial charge in [-0.15, -0.1) is 0 Å². The summed E-state index contributed by atoms with van der Waals surface area (Å²) in [4.78, 5) is 0. The number of rotatable bonds is 5. The van der Waals surface area contributed by atoms with Crippen molar-refractivity contribution >= 4 is 0 Å². The van der Waals surface area contributed by atoms with E-state index in [9.17, 15) is 5.11 Å². The maximum absolute atomic E-state index is 10.4. The van der Waals surface area contributed by atoms with Gasteiger partial charge in [-0.05, 0) is 25.3 Å². The highest BCUT2D eigenvalue weighted by atomic mass is 16.3. The van der Waals surface area contributed by atoms with Crippen molar-refractivity contribution in [2.45, 2.75) is 64.4 Å². The van der Waals surface area contributed by atoms with Crippen molar-refractivity contribution in [1.29, 1.82) is 0 Å². The van der Waals surface area contributed by atoms with Crippen LogP contribution in [0.5, 0.6) is 0 Å². The van der Waals surface area contributed by atoms with E-state index in [0.29, 0.717) is 0 Å². The smallest absolute Gasteiger partial charge is 0.0771 e. The molecule has 2 nitrogen and oxygen atoms in total. The summed E-state index contributed by atoms with van der Waals surface area (Å²) >= 11 is 0. The molecule has 1 atom stereocenters. The van der Waals surface area contributed by atoms with Crippen LogP contribution in [0.4, 0.5) is 0 Å². The van der Waals surface area contributed by atoms with Crippen molar-refractivity contribution in [1.82, 2.24) is 5.32 Å². The molecule has 0 bridgehead atoms. The van der Waals surface area contributed by atoms with Gasteiger partial charge in [-0.3, -0.25) is 0 Å². The highest BCUT2D eigenvalue weighted by molar-refractivity contribution is 4.83. The zero-order chi connectivity index (χ0) is 11.1. The molecule has 0 saturated heterocycles. The van der Waals surface area contributed by atoms with Gasteiger partial charge < -0.3 is 10.4 Å². The van der Waals surface area contributed by atoms with Crippen LogP contribution in [0.3, 0.4) is 0 Å². The first-order valence-corrected chi connectivity index (χ1v) is 6.59. The topological polar surface area (TPSA) is 32.3 Å². The number of hydrogen-bond acceptors (Lipinski definition) is 2. The first kappa shape index (κ1) is 13.0. The van der Waals surface area contributed by atoms with Crippen molar-refractivity contribution in [3.05, 3.63) is 0 Å². The molecule has 1 unspecified atom stereocenters. The molecule has 0 aromatic heterocycles. The van der Waals surface area contributed by atoms with Crippen LogP contribution < -0.4 is 5.32 Å². The molecule has 1 saturated carbocycles. The monoisotopic (exact) mass is 213 g/mol. The van der Waals surface area contributed by atoms with Crippen LogP contribution in [0.25, 0.3) is 0 Å². The van der Waals surface area contributed by atoms with Crippen LogP contribution in [-0.2, 0) is 0 Å². The fourth-order valence-electron chi connectivity index (χ4n) is 2.26. The summed E-state index contributed by atoms with van der Waals surface area (Å²) in [6, 6.07) is 0. The Morgan fingerprint density at radius 3 is 2.33 bits per heavy atom. The molecule has 0 radical (unpaired) electrons. The van der Waals surface area contributed by atoms with Gasteiger partial charge in [0.1, 0.15) is 0 Å². The summed E-state index contributed by atoms with van der Waals surface area (Å²) in [6.07, 6.45) is 8.18. The van der Waals surface area contributed by atoms with Crippen molar-refractivity contribution in [2.24, 2.45) is 5.92 Å². The largest absolute Gasteiger partial charge is 0.389 e. The van der Waals surface area contributed by atoms with Gasteiger partial charge in [-0.2, -0.15) is 0 Å². The molecule has 2 heteroatoms. The molecule has 15 heavy (non-hydrogen) atoms. The van der Waals surface area contributed by atoms with Crippen molar-refractivity contribution in [3.63, 3.8) is 0 Å². The summed E-state index contributed by atoms with van der Waals surface area (Å²) in [7, 11) is 0. The minimum atomic E-state index is -0.413. The first-order valence-electron chi connectivity index (χ1n) is 6.59. The molecule has 2 N–H and O–H groups in total. The lowest BCUT2D eigenvalue weighted by atomic mass is 9.94. The normalized spacial score (nSPS) is 23.4. The molecule has 1 aliphatic carbocycles. The van der Waals surface area contributed by atoms with Crippen molar-refractivity contribution in [2.75, 3.05) is 13.1 Å². The Kier molecular flexibility index (Phi) is 5.62. The predicted octanol–water partition coefficient (Wildman–Crippen LogP) is 2.71. The predicted molar refractivity (Wildman–Crippen MR) is 65.0 cm³/mol. The van der Waals surface area contributed by atoms with Crippen LogP contribution in [-0.4, -0.2) is 23.8 Å². The van der Waals surface area contributed by atoms with Gasteiger partial charge in [0.05, 0.1) is 5.60 Å². The summed E-state index contributed by atoms with van der Waals surface area (Å²) in [5, 5.41) is 13.8. The molecule has 0 aliphatic heterocycles. The van der Waals surface area contributed by atoms with Gasteiger partial charge in [0.15, 0.2) is 0 Å². The molecule has 1 aliphatic rings. The zero-order valence-corrected chi connectivity index (χ0v) is 10.4. The Labute approximate surface area is 94.5 Å². The Morgan fingerprint density at radius 2 is 1.80 bits per heavy atom. The van der Waals surface area contributed by atoms with E-state index in [0.717, 1.165) is 31.8 Å². The number of aliphatic hydroxyl groups is 1. The lowest BCUT2D eigenvalue weighted by molar-refractivity contribution is 0.0247. The Bertz CT molecular complexity index is 162. The first-order chi connectivity index (χ1) is 7.16. The van der Waals surface area contributed by atoms with Gasteiger partial charge in [0.25, 0.3) is 0 Å². The number of hydrogen-bond donors (Lipinski definition) is 2. The van der Waals surface area contributed by atoms with Crippen LogP contribution in [0, 0.1) is 5.92 Å². The highest BCUT2D eigenvalue weighted by Gasteiger charge is 2.27. The fourth-order valence-corrected chi connectivity index (χ4v) is 2.26. The van der Waals surface area contributed by atoms with Crippen LogP contribution in [0.1, 0.15) is 58.8 Å². The molecule has 1 fully saturated rings. The van der Waals surface area contributed by atoms with Gasteiger partial charge >= 0.3 is 0 Å². The standard InChI is InChI=1S/C13H27NO/c1-3-12(2)10-14-11-13(15)8-6-4-5-7-9-13/h12,14-15H,3-11H2,1-2H3. The van der Waals surface area contributed by atoms with Crippen LogP contribution >= 0.6 is 0 Å². The summed E-state index contributed by atoms with van der Waals surface area (Å²) < 4.78 is 0. The van der Waals surface area contributed by atoms with Crippen molar-refractivity contribution < 1.29 is 5.11 Å². The number of nitrogens with one attached hydrogen (secondary N) is 1. The van der Waals surface area contributed by atoms with E-state index in [1.807, 2.05) is 0 Å². The Hall–Kier alpha value is -0.0800. The lowest BCUT2D eigenvalue weighted by Gasteiger charge is -2.27. The maximum atomic E-state index is 10.4. The zero-order valence-electron chi connectivity index (χ0n) is 10.4. The quantitative estimate of drug-likeness (QED) is 0.688. The molecule has 0 heterocycles. The third-order valence-corrected chi connectivity index (χ3v) is 3.68. The molecular formula is C13H27NO. The van der Waals surface area contributed by atoms with Crippen molar-refractivity contribution in [3.8, 4) is 0 Å². The van der Waals surface area contributed by atoms with Gasteiger partial charge in [-0.25, -0.2) is 0 Å². The highest BCUT2D eigenvalue weighted by Crippen LogP contribution is 2.26.